The molecule has 4 N–H and O–H groups in total. The Morgan fingerprint density at radius 3 is 2.58 bits per heavy atom. The molecule has 2 aromatic rings. The van der Waals surface area contributed by atoms with Gasteiger partial charge in [-0.3, -0.25) is 14.5 Å². The molecule has 0 saturated heterocycles. The molecule has 10 heteroatoms. The summed E-state index contributed by atoms with van der Waals surface area (Å²) >= 11 is 0. The maximum atomic E-state index is 13.6. The standard InChI is InChI=1S/C30H38N4O6/c1-6-30(7-2)15-23(35)34(27(31)33-30)25-20-14-18(12-13-22(20)40-29(25,4)17-38-5)26(36)32-24-19-10-8-9-11-21(19)39-16-28(24,3)37/h8-14,24-25,37H,6-7,15-17H2,1-5H3,(H2,31,33)(H,32,36)/t24-,25+,28+,29+/m1/s1. The van der Waals surface area contributed by atoms with Crippen LogP contribution in [-0.4, -0.2) is 64.8 Å². The topological polar surface area (TPSA) is 136 Å². The number of ether oxygens (including phenoxy) is 3. The number of carbonyl (C=O) groups excluding carboxylic acids is 2. The van der Waals surface area contributed by atoms with E-state index in [-0.39, 0.29) is 37.4 Å². The monoisotopic (exact) mass is 550 g/mol. The molecule has 3 aliphatic heterocycles. The third-order valence-electron chi connectivity index (χ3n) is 8.49. The normalized spacial score (nSPS) is 28.6. The van der Waals surface area contributed by atoms with Gasteiger partial charge in [0.15, 0.2) is 11.6 Å². The number of aliphatic hydroxyl groups is 1. The first-order chi connectivity index (χ1) is 19.0. The van der Waals surface area contributed by atoms with Crippen LogP contribution in [0, 0.1) is 0 Å². The number of aliphatic imine (C=N–C) groups is 1. The number of nitrogens with two attached hydrogens (primary N) is 1. The first-order valence-electron chi connectivity index (χ1n) is 13.7. The average Bonchev–Trinajstić information content (AvgIpc) is 3.20. The van der Waals surface area contributed by atoms with E-state index < -0.39 is 28.8 Å². The highest BCUT2D eigenvalue weighted by Gasteiger charge is 2.53. The van der Waals surface area contributed by atoms with E-state index >= 15 is 0 Å². The molecule has 2 amide bonds. The van der Waals surface area contributed by atoms with Gasteiger partial charge >= 0.3 is 0 Å². The van der Waals surface area contributed by atoms with Crippen molar-refractivity contribution >= 4 is 17.8 Å². The zero-order chi connectivity index (χ0) is 28.9. The predicted molar refractivity (Wildman–Crippen MR) is 149 cm³/mol. The zero-order valence-electron chi connectivity index (χ0n) is 23.7. The van der Waals surface area contributed by atoms with E-state index in [1.807, 2.05) is 45.0 Å². The second-order valence-electron chi connectivity index (χ2n) is 11.4. The molecule has 214 valence electrons. The highest BCUT2D eigenvalue weighted by molar-refractivity contribution is 6.00. The lowest BCUT2D eigenvalue weighted by molar-refractivity contribution is -0.135. The number of carbonyl (C=O) groups is 2. The maximum Gasteiger partial charge on any atom is 0.251 e. The summed E-state index contributed by atoms with van der Waals surface area (Å²) in [5.41, 5.74) is 5.35. The Labute approximate surface area is 234 Å². The molecule has 5 rings (SSSR count). The van der Waals surface area contributed by atoms with Crippen LogP contribution in [0.4, 0.5) is 0 Å². The first kappa shape index (κ1) is 27.9. The van der Waals surface area contributed by atoms with Crippen LogP contribution in [0.2, 0.25) is 0 Å². The quantitative estimate of drug-likeness (QED) is 0.482. The third-order valence-corrected chi connectivity index (χ3v) is 8.49. The Morgan fingerprint density at radius 2 is 1.90 bits per heavy atom. The van der Waals surface area contributed by atoms with Gasteiger partial charge in [0.1, 0.15) is 29.7 Å². The third kappa shape index (κ3) is 4.58. The predicted octanol–water partition coefficient (Wildman–Crippen LogP) is 3.25. The smallest absolute Gasteiger partial charge is 0.251 e. The van der Waals surface area contributed by atoms with Gasteiger partial charge in [-0.15, -0.1) is 0 Å². The molecule has 10 nitrogen and oxygen atoms in total. The molecule has 0 spiro atoms. The second kappa shape index (κ2) is 10.1. The molecule has 40 heavy (non-hydrogen) atoms. The fraction of sp³-hybridized carbons (Fsp3) is 0.500. The summed E-state index contributed by atoms with van der Waals surface area (Å²) in [5.74, 6) is 0.753. The minimum atomic E-state index is -1.32. The fourth-order valence-corrected chi connectivity index (χ4v) is 6.14. The summed E-state index contributed by atoms with van der Waals surface area (Å²) in [6, 6.07) is 11.1. The Balaban J connectivity index is 1.52. The summed E-state index contributed by atoms with van der Waals surface area (Å²) in [6.07, 6.45) is 1.62. The van der Waals surface area contributed by atoms with Crippen LogP contribution < -0.4 is 20.5 Å². The van der Waals surface area contributed by atoms with Crippen LogP contribution in [0.15, 0.2) is 47.5 Å². The Hall–Kier alpha value is -3.63. The summed E-state index contributed by atoms with van der Waals surface area (Å²) in [4.78, 5) is 33.5. The van der Waals surface area contributed by atoms with E-state index in [1.165, 1.54) is 4.90 Å². The summed E-state index contributed by atoms with van der Waals surface area (Å²) in [7, 11) is 1.57. The van der Waals surface area contributed by atoms with Gasteiger partial charge in [-0.05, 0) is 51.0 Å². The lowest BCUT2D eigenvalue weighted by Gasteiger charge is -2.42. The van der Waals surface area contributed by atoms with E-state index in [0.717, 1.165) is 0 Å². The number of nitrogens with zero attached hydrogens (tertiary/aromatic N) is 2. The van der Waals surface area contributed by atoms with Gasteiger partial charge in [-0.2, -0.15) is 0 Å². The minimum Gasteiger partial charge on any atom is -0.490 e. The van der Waals surface area contributed by atoms with Gasteiger partial charge < -0.3 is 30.4 Å². The largest absolute Gasteiger partial charge is 0.490 e. The van der Waals surface area contributed by atoms with Gasteiger partial charge in [-0.25, -0.2) is 4.99 Å². The molecule has 3 aliphatic rings. The number of nitrogens with one attached hydrogen (secondary N) is 1. The Bertz CT molecular complexity index is 1350. The fourth-order valence-electron chi connectivity index (χ4n) is 6.14. The molecule has 0 radical (unpaired) electrons. The van der Waals surface area contributed by atoms with E-state index in [0.29, 0.717) is 41.0 Å². The molecule has 2 aromatic carbocycles. The number of hydrogen-bond acceptors (Lipinski definition) is 8. The van der Waals surface area contributed by atoms with E-state index in [4.69, 9.17) is 24.9 Å². The Kier molecular flexibility index (Phi) is 7.04. The molecular weight excluding hydrogens is 512 g/mol. The number of amides is 2. The highest BCUT2D eigenvalue weighted by atomic mass is 16.5. The molecular formula is C30H38N4O6. The van der Waals surface area contributed by atoms with Crippen LogP contribution in [0.3, 0.4) is 0 Å². The van der Waals surface area contributed by atoms with Gasteiger partial charge in [0.25, 0.3) is 5.91 Å². The van der Waals surface area contributed by atoms with Gasteiger partial charge in [-0.1, -0.05) is 32.0 Å². The summed E-state index contributed by atoms with van der Waals surface area (Å²) in [6.45, 7) is 7.72. The van der Waals surface area contributed by atoms with Crippen molar-refractivity contribution in [3.05, 3.63) is 59.2 Å². The average molecular weight is 551 g/mol. The molecule has 0 fully saturated rings. The van der Waals surface area contributed by atoms with Crippen molar-refractivity contribution in [1.29, 1.82) is 0 Å². The van der Waals surface area contributed by atoms with Crippen molar-refractivity contribution in [2.24, 2.45) is 10.7 Å². The van der Waals surface area contributed by atoms with Crippen LogP contribution in [-0.2, 0) is 9.53 Å². The van der Waals surface area contributed by atoms with Gasteiger partial charge in [0.2, 0.25) is 5.91 Å². The van der Waals surface area contributed by atoms with Crippen LogP contribution in [0.25, 0.3) is 0 Å². The maximum absolute atomic E-state index is 13.6. The highest BCUT2D eigenvalue weighted by Crippen LogP contribution is 2.49. The number of guanidine groups is 1. The van der Waals surface area contributed by atoms with Crippen molar-refractivity contribution < 1.29 is 28.9 Å². The molecule has 4 atom stereocenters. The van der Waals surface area contributed by atoms with Gasteiger partial charge in [0, 0.05) is 23.8 Å². The van der Waals surface area contributed by atoms with E-state index in [1.54, 1.807) is 32.2 Å². The molecule has 0 unspecified atom stereocenters. The van der Waals surface area contributed by atoms with Crippen LogP contribution in [0.1, 0.15) is 80.5 Å². The first-order valence-corrected chi connectivity index (χ1v) is 13.7. The lowest BCUT2D eigenvalue weighted by Crippen LogP contribution is -2.58. The molecule has 0 aliphatic carbocycles. The molecule has 0 saturated carbocycles. The number of benzene rings is 2. The molecule has 0 aromatic heterocycles. The Morgan fingerprint density at radius 1 is 1.18 bits per heavy atom. The SMILES string of the molecule is CCC1(CC)CC(=O)N([C@H]2c3cc(C(=O)N[C@@H]4c5ccccc5OC[C@]4(C)O)ccc3O[C@@]2(C)COC)C(N)=N1. The van der Waals surface area contributed by atoms with Gasteiger partial charge in [0.05, 0.1) is 24.6 Å². The number of rotatable bonds is 7. The van der Waals surface area contributed by atoms with Crippen LogP contribution >= 0.6 is 0 Å². The number of fused-ring (bicyclic) bond motifs is 2. The van der Waals surface area contributed by atoms with Crippen molar-refractivity contribution in [1.82, 2.24) is 10.2 Å². The number of methoxy groups -OCH3 is 1. The number of hydrogen-bond donors (Lipinski definition) is 3. The van der Waals surface area contributed by atoms with E-state index in [2.05, 4.69) is 5.32 Å². The van der Waals surface area contributed by atoms with Crippen molar-refractivity contribution in [3.8, 4) is 11.5 Å². The zero-order valence-corrected chi connectivity index (χ0v) is 23.7. The van der Waals surface area contributed by atoms with E-state index in [9.17, 15) is 14.7 Å². The summed E-state index contributed by atoms with van der Waals surface area (Å²) < 4.78 is 17.6. The van der Waals surface area contributed by atoms with Crippen LogP contribution in [0.5, 0.6) is 11.5 Å². The lowest BCUT2D eigenvalue weighted by atomic mass is 9.85. The van der Waals surface area contributed by atoms with Crippen molar-refractivity contribution in [2.75, 3.05) is 20.3 Å². The second-order valence-corrected chi connectivity index (χ2v) is 11.4. The summed E-state index contributed by atoms with van der Waals surface area (Å²) in [5, 5.41) is 14.1. The molecule has 3 heterocycles. The number of para-hydroxylation sites is 1. The minimum absolute atomic E-state index is 0.0388. The van der Waals surface area contributed by atoms with Crippen molar-refractivity contribution in [2.45, 2.75) is 75.8 Å². The van der Waals surface area contributed by atoms with Crippen molar-refractivity contribution in [3.63, 3.8) is 0 Å². The molecule has 0 bridgehead atoms.